The van der Waals surface area contributed by atoms with Gasteiger partial charge in [0.25, 0.3) is 0 Å². The minimum absolute atomic E-state index is 0.0336. The molecule has 7 heteroatoms. The van der Waals surface area contributed by atoms with Gasteiger partial charge in [-0.1, -0.05) is 18.5 Å². The third-order valence-electron chi connectivity index (χ3n) is 3.61. The Bertz CT molecular complexity index is 714. The average molecular weight is 350 g/mol. The Morgan fingerprint density at radius 2 is 2.25 bits per heavy atom. The number of aliphatic hydroxyl groups is 1. The van der Waals surface area contributed by atoms with E-state index in [-0.39, 0.29) is 12.6 Å². The minimum atomic E-state index is 0.0336. The van der Waals surface area contributed by atoms with Gasteiger partial charge in [-0.3, -0.25) is 5.32 Å². The normalized spacial score (nSPS) is 12.1. The van der Waals surface area contributed by atoms with Crippen LogP contribution in [0.2, 0.25) is 5.15 Å². The number of ether oxygens (including phenoxy) is 2. The van der Waals surface area contributed by atoms with Crippen LogP contribution < -0.4 is 10.1 Å². The van der Waals surface area contributed by atoms with E-state index >= 15 is 0 Å². The molecule has 0 bridgehead atoms. The highest BCUT2D eigenvalue weighted by molar-refractivity contribution is 6.34. The highest BCUT2D eigenvalue weighted by atomic mass is 35.5. The Balaban J connectivity index is 1.90. The molecule has 0 fully saturated rings. The number of hydrogen-bond acceptors (Lipinski definition) is 6. The van der Waals surface area contributed by atoms with Crippen molar-refractivity contribution in [3.8, 4) is 11.8 Å². The number of aliphatic hydroxyl groups excluding tert-OH is 1. The molecule has 0 spiro atoms. The molecule has 2 aromatic rings. The lowest BCUT2D eigenvalue weighted by Crippen LogP contribution is -2.34. The summed E-state index contributed by atoms with van der Waals surface area (Å²) in [5.41, 5.74) is 0.439. The summed E-state index contributed by atoms with van der Waals surface area (Å²) in [4.78, 5) is 4.03. The maximum absolute atomic E-state index is 9.26. The summed E-state index contributed by atoms with van der Waals surface area (Å²) in [6, 6.07) is 7.40. The van der Waals surface area contributed by atoms with Crippen LogP contribution in [0.15, 0.2) is 24.4 Å². The number of aromatic nitrogens is 1. The van der Waals surface area contributed by atoms with E-state index in [1.165, 1.54) is 0 Å². The molecule has 0 radical (unpaired) electrons. The van der Waals surface area contributed by atoms with Crippen LogP contribution in [0.4, 0.5) is 0 Å². The second kappa shape index (κ2) is 9.40. The Kier molecular flexibility index (Phi) is 7.22. The zero-order valence-corrected chi connectivity index (χ0v) is 14.2. The zero-order chi connectivity index (χ0) is 17.4. The lowest BCUT2D eigenvalue weighted by molar-refractivity contribution is 0.0735. The third kappa shape index (κ3) is 4.79. The quantitative estimate of drug-likeness (QED) is 0.411. The number of rotatable bonds is 9. The molecule has 0 aliphatic heterocycles. The molecular weight excluding hydrogens is 330 g/mol. The second-order valence-electron chi connectivity index (χ2n) is 5.18. The lowest BCUT2D eigenvalue weighted by Gasteiger charge is -2.14. The third-order valence-corrected chi connectivity index (χ3v) is 3.91. The van der Waals surface area contributed by atoms with Crippen molar-refractivity contribution in [3.05, 3.63) is 35.1 Å². The van der Waals surface area contributed by atoms with Gasteiger partial charge >= 0.3 is 0 Å². The van der Waals surface area contributed by atoms with Crippen LogP contribution in [0.3, 0.4) is 0 Å². The van der Waals surface area contributed by atoms with E-state index in [2.05, 4.69) is 16.4 Å². The van der Waals surface area contributed by atoms with Gasteiger partial charge in [0.15, 0.2) is 0 Å². The minimum Gasteiger partial charge on any atom is -0.490 e. The molecule has 0 unspecified atom stereocenters. The summed E-state index contributed by atoms with van der Waals surface area (Å²) < 4.78 is 11.0. The van der Waals surface area contributed by atoms with E-state index < -0.39 is 0 Å². The van der Waals surface area contributed by atoms with E-state index in [9.17, 15) is 5.26 Å². The zero-order valence-electron chi connectivity index (χ0n) is 13.5. The number of benzene rings is 1. The first kappa shape index (κ1) is 18.4. The number of nitrogens with one attached hydrogen (secondary N) is 1. The predicted molar refractivity (Wildman–Crippen MR) is 92.1 cm³/mol. The summed E-state index contributed by atoms with van der Waals surface area (Å²) in [5.74, 6) is 0.457. The van der Waals surface area contributed by atoms with E-state index in [4.69, 9.17) is 26.2 Å². The predicted octanol–water partition coefficient (Wildman–Crippen LogP) is 2.47. The highest BCUT2D eigenvalue weighted by Crippen LogP contribution is 2.29. The fourth-order valence-corrected chi connectivity index (χ4v) is 2.39. The summed E-state index contributed by atoms with van der Waals surface area (Å²) in [7, 11) is 0. The average Bonchev–Trinajstić information content (AvgIpc) is 2.61. The van der Waals surface area contributed by atoms with Gasteiger partial charge in [0.1, 0.15) is 23.6 Å². The van der Waals surface area contributed by atoms with Crippen molar-refractivity contribution in [1.29, 1.82) is 5.26 Å². The first-order valence-corrected chi connectivity index (χ1v) is 8.10. The lowest BCUT2D eigenvalue weighted by atomic mass is 10.1. The fourth-order valence-electron chi connectivity index (χ4n) is 2.17. The molecule has 0 aliphatic carbocycles. The summed E-state index contributed by atoms with van der Waals surface area (Å²) in [6.45, 7) is 3.06. The second-order valence-corrected chi connectivity index (χ2v) is 5.53. The Morgan fingerprint density at radius 3 is 2.96 bits per heavy atom. The van der Waals surface area contributed by atoms with Gasteiger partial charge in [-0.05, 0) is 30.0 Å². The summed E-state index contributed by atoms with van der Waals surface area (Å²) >= 11 is 6.08. The van der Waals surface area contributed by atoms with E-state index in [1.807, 2.05) is 6.92 Å². The molecule has 1 aromatic heterocycles. The molecular formula is C17H20ClN3O3. The maximum atomic E-state index is 9.26. The Hall–Kier alpha value is -1.91. The topological polar surface area (TPSA) is 87.4 Å². The van der Waals surface area contributed by atoms with Gasteiger partial charge in [-0.25, -0.2) is 4.98 Å². The van der Waals surface area contributed by atoms with Crippen LogP contribution in [-0.4, -0.2) is 42.7 Å². The Morgan fingerprint density at radius 1 is 1.42 bits per heavy atom. The van der Waals surface area contributed by atoms with Gasteiger partial charge in [-0.15, -0.1) is 0 Å². The molecule has 1 aromatic carbocycles. The van der Waals surface area contributed by atoms with Crippen molar-refractivity contribution in [2.45, 2.75) is 19.4 Å². The number of fused-ring (bicyclic) bond motifs is 1. The number of hydrogen-bond donors (Lipinski definition) is 2. The molecule has 1 atom stereocenters. The van der Waals surface area contributed by atoms with Crippen LogP contribution in [0, 0.1) is 11.3 Å². The summed E-state index contributed by atoms with van der Waals surface area (Å²) in [6.07, 6.45) is 2.43. The van der Waals surface area contributed by atoms with Gasteiger partial charge in [0.05, 0.1) is 25.5 Å². The smallest absolute Gasteiger partial charge is 0.137 e. The molecule has 0 saturated heterocycles. The van der Waals surface area contributed by atoms with E-state index in [1.54, 1.807) is 24.4 Å². The molecule has 6 nitrogen and oxygen atoms in total. The number of nitriles is 1. The van der Waals surface area contributed by atoms with Crippen LogP contribution >= 0.6 is 11.6 Å². The molecule has 0 amide bonds. The molecule has 128 valence electrons. The number of pyridine rings is 1. The first-order valence-electron chi connectivity index (χ1n) is 7.72. The van der Waals surface area contributed by atoms with E-state index in [0.717, 1.165) is 17.2 Å². The highest BCUT2D eigenvalue weighted by Gasteiger charge is 2.09. The first-order chi connectivity index (χ1) is 11.7. The molecule has 24 heavy (non-hydrogen) atoms. The van der Waals surface area contributed by atoms with Crippen molar-refractivity contribution in [1.82, 2.24) is 10.3 Å². The maximum Gasteiger partial charge on any atom is 0.137 e. The summed E-state index contributed by atoms with van der Waals surface area (Å²) in [5, 5.41) is 23.3. The van der Waals surface area contributed by atoms with Crippen LogP contribution in [-0.2, 0) is 4.74 Å². The van der Waals surface area contributed by atoms with Crippen molar-refractivity contribution in [3.63, 3.8) is 0 Å². The molecule has 2 rings (SSSR count). The van der Waals surface area contributed by atoms with Crippen molar-refractivity contribution in [2.24, 2.45) is 0 Å². The Labute approximate surface area is 146 Å². The van der Waals surface area contributed by atoms with E-state index in [0.29, 0.717) is 36.4 Å². The molecule has 2 N–H and O–H groups in total. The standard InChI is InChI=1S/C17H20ClN3O3/c1-2-14(10-22)21-11-23-5-6-24-16-8-15-12(7-13(16)9-19)3-4-20-17(15)18/h3-4,7-8,14,21-22H,2,5-6,10-11H2,1H3/t14-/m0/s1. The van der Waals surface area contributed by atoms with Gasteiger partial charge in [-0.2, -0.15) is 5.26 Å². The SMILES string of the molecule is CC[C@@H](CO)NCOCCOc1cc2c(Cl)nccc2cc1C#N. The van der Waals surface area contributed by atoms with Gasteiger partial charge in [0.2, 0.25) is 0 Å². The molecule has 0 aliphatic rings. The molecule has 0 saturated carbocycles. The number of nitrogens with zero attached hydrogens (tertiary/aromatic N) is 2. The van der Waals surface area contributed by atoms with Gasteiger partial charge in [0, 0.05) is 17.6 Å². The molecule has 1 heterocycles. The monoisotopic (exact) mass is 349 g/mol. The van der Waals surface area contributed by atoms with Crippen LogP contribution in [0.1, 0.15) is 18.9 Å². The fraction of sp³-hybridized carbons (Fsp3) is 0.412. The largest absolute Gasteiger partial charge is 0.490 e. The van der Waals surface area contributed by atoms with Crippen molar-refractivity contribution >= 4 is 22.4 Å². The van der Waals surface area contributed by atoms with Gasteiger partial charge < -0.3 is 14.6 Å². The van der Waals surface area contributed by atoms with Crippen LogP contribution in [0.5, 0.6) is 5.75 Å². The number of halogens is 1. The van der Waals surface area contributed by atoms with Crippen LogP contribution in [0.25, 0.3) is 10.8 Å². The van der Waals surface area contributed by atoms with Crippen molar-refractivity contribution in [2.75, 3.05) is 26.6 Å². The van der Waals surface area contributed by atoms with Crippen molar-refractivity contribution < 1.29 is 14.6 Å².